The fourth-order valence-corrected chi connectivity index (χ4v) is 3.07. The fourth-order valence-electron chi connectivity index (χ4n) is 3.07. The van der Waals surface area contributed by atoms with Gasteiger partial charge in [0, 0.05) is 23.6 Å². The van der Waals surface area contributed by atoms with Gasteiger partial charge in [-0.3, -0.25) is 10.2 Å². The van der Waals surface area contributed by atoms with Crippen LogP contribution in [0.15, 0.2) is 47.0 Å². The number of aromatic amines is 2. The van der Waals surface area contributed by atoms with Crippen molar-refractivity contribution in [1.29, 1.82) is 0 Å². The molecule has 0 radical (unpaired) electrons. The Kier molecular flexibility index (Phi) is 4.67. The monoisotopic (exact) mass is 418 g/mol. The molecule has 0 saturated heterocycles. The minimum Gasteiger partial charge on any atom is -0.493 e. The van der Waals surface area contributed by atoms with Crippen molar-refractivity contribution in [2.24, 2.45) is 0 Å². The van der Waals surface area contributed by atoms with Crippen LogP contribution in [0.2, 0.25) is 0 Å². The highest BCUT2D eigenvalue weighted by molar-refractivity contribution is 5.82. The topological polar surface area (TPSA) is 140 Å². The molecule has 0 bridgehead atoms. The molecule has 0 aliphatic heterocycles. The summed E-state index contributed by atoms with van der Waals surface area (Å²) in [7, 11) is 1.57. The van der Waals surface area contributed by atoms with E-state index in [-0.39, 0.29) is 6.61 Å². The Morgan fingerprint density at radius 3 is 2.84 bits per heavy atom. The van der Waals surface area contributed by atoms with E-state index in [4.69, 9.17) is 13.9 Å². The molecule has 11 heteroatoms. The second kappa shape index (κ2) is 7.78. The Hall–Kier alpha value is -4.41. The number of ether oxygens (including phenoxy) is 2. The second-order valence-corrected chi connectivity index (χ2v) is 6.67. The summed E-state index contributed by atoms with van der Waals surface area (Å²) in [5.74, 6) is 3.01. The van der Waals surface area contributed by atoms with Crippen molar-refractivity contribution in [3.8, 4) is 22.9 Å². The molecule has 0 aliphatic carbocycles. The molecule has 0 amide bonds. The van der Waals surface area contributed by atoms with Crippen LogP contribution in [0.4, 0.5) is 11.6 Å². The van der Waals surface area contributed by atoms with Crippen molar-refractivity contribution < 1.29 is 13.9 Å². The Balaban J connectivity index is 1.32. The smallest absolute Gasteiger partial charge is 0.253 e. The number of fused-ring (bicyclic) bond motifs is 1. The minimum atomic E-state index is 0.147. The molecule has 2 aromatic carbocycles. The fraction of sp³-hybridized carbons (Fsp3) is 0.150. The molecule has 0 unspecified atom stereocenters. The van der Waals surface area contributed by atoms with E-state index in [1.807, 2.05) is 30.3 Å². The maximum absolute atomic E-state index is 5.74. The van der Waals surface area contributed by atoms with Gasteiger partial charge in [0.05, 0.1) is 18.8 Å². The van der Waals surface area contributed by atoms with E-state index in [0.29, 0.717) is 35.1 Å². The summed E-state index contributed by atoms with van der Waals surface area (Å²) in [4.78, 5) is 4.51. The molecule has 156 valence electrons. The van der Waals surface area contributed by atoms with E-state index >= 15 is 0 Å². The molecule has 0 saturated carbocycles. The van der Waals surface area contributed by atoms with Gasteiger partial charge in [0.2, 0.25) is 11.8 Å². The normalized spacial score (nSPS) is 11.0. The average molecular weight is 418 g/mol. The van der Waals surface area contributed by atoms with Crippen LogP contribution in [0.25, 0.3) is 22.3 Å². The van der Waals surface area contributed by atoms with Gasteiger partial charge in [-0.15, -0.1) is 15.3 Å². The number of nitrogens with zero attached hydrogens (tertiary/aromatic N) is 5. The van der Waals surface area contributed by atoms with Crippen LogP contribution < -0.4 is 14.8 Å². The maximum Gasteiger partial charge on any atom is 0.253 e. The largest absolute Gasteiger partial charge is 0.493 e. The number of hydrogen-bond acceptors (Lipinski definition) is 9. The maximum atomic E-state index is 5.74. The van der Waals surface area contributed by atoms with Gasteiger partial charge in [-0.25, -0.2) is 0 Å². The Labute approximate surface area is 175 Å². The summed E-state index contributed by atoms with van der Waals surface area (Å²) in [6.45, 7) is 1.87. The van der Waals surface area contributed by atoms with Crippen molar-refractivity contribution in [2.75, 3.05) is 12.4 Å². The number of nitrogens with one attached hydrogen (secondary N) is 3. The quantitative estimate of drug-likeness (QED) is 0.363. The highest BCUT2D eigenvalue weighted by Gasteiger charge is 2.12. The highest BCUT2D eigenvalue weighted by atomic mass is 16.5. The molecule has 5 aromatic rings. The lowest BCUT2D eigenvalue weighted by molar-refractivity contribution is 0.248. The third kappa shape index (κ3) is 3.88. The van der Waals surface area contributed by atoms with Gasteiger partial charge in [0.1, 0.15) is 0 Å². The van der Waals surface area contributed by atoms with E-state index in [0.717, 1.165) is 22.2 Å². The van der Waals surface area contributed by atoms with Crippen LogP contribution in [-0.4, -0.2) is 42.7 Å². The molecular weight excluding hydrogens is 400 g/mol. The predicted molar refractivity (Wildman–Crippen MR) is 111 cm³/mol. The lowest BCUT2D eigenvalue weighted by atomic mass is 10.2. The number of hydrogen-bond donors (Lipinski definition) is 3. The summed E-state index contributed by atoms with van der Waals surface area (Å²) in [5, 5.41) is 26.0. The van der Waals surface area contributed by atoms with Crippen LogP contribution in [0.5, 0.6) is 11.5 Å². The molecular formula is C20H18N8O3. The van der Waals surface area contributed by atoms with E-state index in [1.54, 1.807) is 26.3 Å². The molecule has 3 heterocycles. The van der Waals surface area contributed by atoms with E-state index in [2.05, 4.69) is 40.9 Å². The third-order valence-electron chi connectivity index (χ3n) is 4.54. The summed E-state index contributed by atoms with van der Waals surface area (Å²) in [6.07, 6.45) is 1.76. The number of benzene rings is 2. The molecule has 0 spiro atoms. The molecule has 0 atom stereocenters. The van der Waals surface area contributed by atoms with Gasteiger partial charge < -0.3 is 19.2 Å². The Morgan fingerprint density at radius 2 is 2.00 bits per heavy atom. The zero-order valence-corrected chi connectivity index (χ0v) is 16.7. The molecule has 11 nitrogen and oxygen atoms in total. The van der Waals surface area contributed by atoms with Crippen LogP contribution in [-0.2, 0) is 6.61 Å². The van der Waals surface area contributed by atoms with Crippen LogP contribution >= 0.6 is 0 Å². The van der Waals surface area contributed by atoms with Crippen molar-refractivity contribution in [2.45, 2.75) is 13.5 Å². The van der Waals surface area contributed by atoms with Crippen molar-refractivity contribution in [3.05, 3.63) is 54.4 Å². The second-order valence-electron chi connectivity index (χ2n) is 6.67. The van der Waals surface area contributed by atoms with Crippen molar-refractivity contribution >= 4 is 22.5 Å². The van der Waals surface area contributed by atoms with Gasteiger partial charge >= 0.3 is 0 Å². The van der Waals surface area contributed by atoms with Gasteiger partial charge in [-0.1, -0.05) is 0 Å². The first-order chi connectivity index (χ1) is 15.2. The van der Waals surface area contributed by atoms with E-state index in [1.165, 1.54) is 0 Å². The number of aryl methyl sites for hydroxylation is 1. The van der Waals surface area contributed by atoms with Gasteiger partial charge in [-0.2, -0.15) is 10.1 Å². The Morgan fingerprint density at radius 1 is 1.06 bits per heavy atom. The van der Waals surface area contributed by atoms with Crippen molar-refractivity contribution in [3.63, 3.8) is 0 Å². The number of H-pyrrole nitrogens is 2. The van der Waals surface area contributed by atoms with Gasteiger partial charge in [0.25, 0.3) is 5.89 Å². The number of methoxy groups -OCH3 is 1. The first-order valence-electron chi connectivity index (χ1n) is 9.41. The number of aromatic nitrogens is 7. The van der Waals surface area contributed by atoms with Crippen LogP contribution in [0.3, 0.4) is 0 Å². The summed E-state index contributed by atoms with van der Waals surface area (Å²) < 4.78 is 16.5. The number of rotatable bonds is 7. The minimum absolute atomic E-state index is 0.147. The first-order valence-corrected chi connectivity index (χ1v) is 9.41. The predicted octanol–water partition coefficient (Wildman–Crippen LogP) is 3.37. The SMILES string of the molecule is COc1cc(-c2nc(Nc3ccc4[nH]ncc4c3)n[nH]2)ccc1OCc1nnc(C)o1. The van der Waals surface area contributed by atoms with E-state index < -0.39 is 0 Å². The zero-order valence-electron chi connectivity index (χ0n) is 16.7. The highest BCUT2D eigenvalue weighted by Crippen LogP contribution is 2.32. The molecule has 5 rings (SSSR count). The first kappa shape index (κ1) is 18.6. The molecule has 31 heavy (non-hydrogen) atoms. The average Bonchev–Trinajstić information content (AvgIpc) is 3.53. The van der Waals surface area contributed by atoms with Gasteiger partial charge in [-0.05, 0) is 36.4 Å². The Bertz CT molecular complexity index is 1340. The van der Waals surface area contributed by atoms with Crippen molar-refractivity contribution in [1.82, 2.24) is 35.6 Å². The molecule has 0 fully saturated rings. The summed E-state index contributed by atoms with van der Waals surface area (Å²) in [6, 6.07) is 11.3. The summed E-state index contributed by atoms with van der Waals surface area (Å²) >= 11 is 0. The number of anilines is 2. The van der Waals surface area contributed by atoms with E-state index in [9.17, 15) is 0 Å². The van der Waals surface area contributed by atoms with Crippen LogP contribution in [0, 0.1) is 6.92 Å². The molecule has 3 N–H and O–H groups in total. The molecule has 3 aromatic heterocycles. The van der Waals surface area contributed by atoms with Crippen LogP contribution in [0.1, 0.15) is 11.8 Å². The standard InChI is InChI=1S/C20H18N8O3/c1-11-24-26-18(31-11)10-30-16-6-3-12(8-17(16)29-2)19-23-20(28-27-19)22-14-4-5-15-13(7-14)9-21-25-15/h3-9H,10H2,1-2H3,(H,21,25)(H2,22,23,27,28). The third-order valence-corrected chi connectivity index (χ3v) is 4.54. The summed E-state index contributed by atoms with van der Waals surface area (Å²) in [5.41, 5.74) is 2.62. The lowest BCUT2D eigenvalue weighted by Gasteiger charge is -2.10. The lowest BCUT2D eigenvalue weighted by Crippen LogP contribution is -1.98. The van der Waals surface area contributed by atoms with Gasteiger partial charge in [0.15, 0.2) is 23.9 Å². The zero-order chi connectivity index (χ0) is 21.2. The molecule has 0 aliphatic rings.